The molecule has 7 rings (SSSR count). The van der Waals surface area contributed by atoms with Gasteiger partial charge in [0, 0.05) is 42.2 Å². The molecule has 12 heteroatoms. The summed E-state index contributed by atoms with van der Waals surface area (Å²) in [4.78, 5) is 9.23. The minimum Gasteiger partial charge on any atom is -0.497 e. The number of ether oxygens (including phenoxy) is 3. The second kappa shape index (κ2) is 15.4. The molecule has 0 aliphatic heterocycles. The third-order valence-corrected chi connectivity index (χ3v) is 11.5. The van der Waals surface area contributed by atoms with Crippen LogP contribution in [-0.4, -0.2) is 52.3 Å². The van der Waals surface area contributed by atoms with E-state index in [-0.39, 0.29) is 18.0 Å². The summed E-state index contributed by atoms with van der Waals surface area (Å²) in [5, 5.41) is 7.08. The first kappa shape index (κ1) is 36.8. The predicted octanol–water partition coefficient (Wildman–Crippen LogP) is 8.72. The van der Waals surface area contributed by atoms with E-state index in [9.17, 15) is 8.42 Å². The minimum atomic E-state index is -3.90. The van der Waals surface area contributed by atoms with Crippen molar-refractivity contribution in [2.75, 3.05) is 14.2 Å². The van der Waals surface area contributed by atoms with Crippen LogP contribution in [0.5, 0.6) is 17.4 Å². The number of nitrogens with zero attached hydrogens (tertiary/aromatic N) is 5. The highest BCUT2D eigenvalue weighted by molar-refractivity contribution is 7.89. The van der Waals surface area contributed by atoms with Gasteiger partial charge in [0.2, 0.25) is 15.9 Å². The van der Waals surface area contributed by atoms with E-state index < -0.39 is 15.6 Å². The van der Waals surface area contributed by atoms with Crippen molar-refractivity contribution in [1.82, 2.24) is 24.1 Å². The lowest BCUT2D eigenvalue weighted by atomic mass is 10.0. The minimum absolute atomic E-state index is 0.186. The van der Waals surface area contributed by atoms with Gasteiger partial charge in [0.25, 0.3) is 0 Å². The Hall–Kier alpha value is -5.56. The van der Waals surface area contributed by atoms with Gasteiger partial charge in [-0.15, -0.1) is 11.3 Å². The summed E-state index contributed by atoms with van der Waals surface area (Å²) in [7, 11) is -0.688. The highest BCUT2D eigenvalue weighted by Crippen LogP contribution is 2.36. The number of fused-ring (bicyclic) bond motifs is 1. The van der Waals surface area contributed by atoms with Gasteiger partial charge in [-0.3, -0.25) is 0 Å². The van der Waals surface area contributed by atoms with E-state index in [1.54, 1.807) is 26.4 Å². The number of aromatic nitrogens is 4. The van der Waals surface area contributed by atoms with Gasteiger partial charge < -0.3 is 14.2 Å². The van der Waals surface area contributed by atoms with Gasteiger partial charge in [0.05, 0.1) is 24.8 Å². The Labute approximate surface area is 319 Å². The Kier molecular flexibility index (Phi) is 10.5. The van der Waals surface area contributed by atoms with Crippen LogP contribution in [0.2, 0.25) is 0 Å². The normalized spacial score (nSPS) is 12.0. The molecule has 3 aromatic heterocycles. The van der Waals surface area contributed by atoms with Crippen molar-refractivity contribution in [1.29, 1.82) is 0 Å². The van der Waals surface area contributed by atoms with E-state index in [1.165, 1.54) is 22.0 Å². The Bertz CT molecular complexity index is 2410. The Balaban J connectivity index is 1.19. The van der Waals surface area contributed by atoms with Crippen LogP contribution in [0.15, 0.2) is 126 Å². The van der Waals surface area contributed by atoms with Crippen LogP contribution >= 0.6 is 11.3 Å². The smallest absolute Gasteiger partial charge is 0.243 e. The fraction of sp³-hybridized carbons (Fsp3) is 0.214. The first-order valence-corrected chi connectivity index (χ1v) is 19.7. The van der Waals surface area contributed by atoms with Crippen molar-refractivity contribution in [2.45, 2.75) is 50.8 Å². The van der Waals surface area contributed by atoms with Crippen molar-refractivity contribution < 1.29 is 22.6 Å². The van der Waals surface area contributed by atoms with Crippen molar-refractivity contribution in [3.63, 3.8) is 0 Å². The molecular weight excluding hydrogens is 719 g/mol. The standard InChI is InChI=1S/C42H41N5O5S2/c1-42(2,3)52-41-40-39(43-28-44-41)37(27-53-40)47-26-33(38(45-47)32-9-7-6-8-10-32)23-29-15-21-36(22-16-29)54(48,49)46(24-30-11-17-34(50-4)18-12-30)25-31-13-19-35(51-5)20-14-31/h6-22,26-28H,23-25H2,1-5H3. The highest BCUT2D eigenvalue weighted by Gasteiger charge is 2.26. The predicted molar refractivity (Wildman–Crippen MR) is 212 cm³/mol. The van der Waals surface area contributed by atoms with E-state index in [4.69, 9.17) is 19.3 Å². The van der Waals surface area contributed by atoms with Gasteiger partial charge >= 0.3 is 0 Å². The molecule has 4 aromatic carbocycles. The molecule has 276 valence electrons. The molecule has 0 unspecified atom stereocenters. The molecular formula is C42H41N5O5S2. The topological polar surface area (TPSA) is 109 Å². The number of hydrogen-bond donors (Lipinski definition) is 0. The van der Waals surface area contributed by atoms with Crippen molar-refractivity contribution in [2.24, 2.45) is 0 Å². The van der Waals surface area contributed by atoms with E-state index in [2.05, 4.69) is 9.97 Å². The van der Waals surface area contributed by atoms with Crippen LogP contribution < -0.4 is 14.2 Å². The lowest BCUT2D eigenvalue weighted by molar-refractivity contribution is 0.126. The summed E-state index contributed by atoms with van der Waals surface area (Å²) < 4.78 is 49.5. The van der Waals surface area contributed by atoms with Gasteiger partial charge in [0.15, 0.2) is 0 Å². The van der Waals surface area contributed by atoms with Crippen LogP contribution in [0, 0.1) is 0 Å². The number of rotatable bonds is 13. The maximum absolute atomic E-state index is 14.3. The lowest BCUT2D eigenvalue weighted by Gasteiger charge is -2.23. The SMILES string of the molecule is COc1ccc(CN(Cc2ccc(OC)cc2)S(=O)(=O)c2ccc(Cc3cn(-c4csc5c(OC(C)(C)C)ncnc45)nc3-c3ccccc3)cc2)cc1. The third-order valence-electron chi connectivity index (χ3n) is 8.78. The molecule has 0 aliphatic carbocycles. The summed E-state index contributed by atoms with van der Waals surface area (Å²) in [6, 6.07) is 32.0. The number of methoxy groups -OCH3 is 2. The average molecular weight is 760 g/mol. The molecule has 10 nitrogen and oxygen atoms in total. The molecule has 0 saturated carbocycles. The molecule has 0 bridgehead atoms. The maximum Gasteiger partial charge on any atom is 0.243 e. The molecule has 0 radical (unpaired) electrons. The van der Waals surface area contributed by atoms with Crippen LogP contribution in [0.4, 0.5) is 0 Å². The highest BCUT2D eigenvalue weighted by atomic mass is 32.2. The number of benzene rings is 4. The zero-order valence-corrected chi connectivity index (χ0v) is 32.4. The lowest BCUT2D eigenvalue weighted by Crippen LogP contribution is -2.30. The quantitative estimate of drug-likeness (QED) is 0.115. The van der Waals surface area contributed by atoms with E-state index in [0.29, 0.717) is 23.8 Å². The van der Waals surface area contributed by atoms with E-state index in [1.807, 2.05) is 128 Å². The fourth-order valence-corrected chi connectivity index (χ4v) is 8.42. The Morgan fingerprint density at radius 2 is 1.35 bits per heavy atom. The Morgan fingerprint density at radius 1 is 0.759 bits per heavy atom. The van der Waals surface area contributed by atoms with Gasteiger partial charge in [-0.2, -0.15) is 9.40 Å². The summed E-state index contributed by atoms with van der Waals surface area (Å²) in [6.45, 7) is 6.34. The van der Waals surface area contributed by atoms with Gasteiger partial charge in [-0.05, 0) is 73.9 Å². The molecule has 0 amide bonds. The van der Waals surface area contributed by atoms with Crippen molar-refractivity contribution in [3.8, 4) is 34.3 Å². The number of thiophene rings is 1. The second-order valence-electron chi connectivity index (χ2n) is 13.8. The third kappa shape index (κ3) is 8.15. The molecule has 0 atom stereocenters. The summed E-state index contributed by atoms with van der Waals surface area (Å²) >= 11 is 1.52. The molecule has 54 heavy (non-hydrogen) atoms. The zero-order chi connectivity index (χ0) is 37.9. The molecule has 0 fully saturated rings. The van der Waals surface area contributed by atoms with E-state index >= 15 is 0 Å². The first-order valence-electron chi connectivity index (χ1n) is 17.4. The van der Waals surface area contributed by atoms with Crippen LogP contribution in [0.1, 0.15) is 43.0 Å². The average Bonchev–Trinajstić information content (AvgIpc) is 3.80. The Morgan fingerprint density at radius 3 is 1.93 bits per heavy atom. The molecule has 3 heterocycles. The first-order chi connectivity index (χ1) is 26.0. The second-order valence-corrected chi connectivity index (χ2v) is 16.6. The molecule has 0 aliphatic rings. The molecule has 0 N–H and O–H groups in total. The molecule has 0 saturated heterocycles. The summed E-state index contributed by atoms with van der Waals surface area (Å²) in [5.74, 6) is 1.95. The fourth-order valence-electron chi connectivity index (χ4n) is 6.09. The van der Waals surface area contributed by atoms with Gasteiger partial charge in [0.1, 0.15) is 39.3 Å². The van der Waals surface area contributed by atoms with Crippen LogP contribution in [-0.2, 0) is 29.5 Å². The summed E-state index contributed by atoms with van der Waals surface area (Å²) in [5.41, 5.74) is 6.60. The molecule has 0 spiro atoms. The van der Waals surface area contributed by atoms with Crippen LogP contribution in [0.25, 0.3) is 27.2 Å². The number of sulfonamides is 1. The maximum atomic E-state index is 14.3. The van der Waals surface area contributed by atoms with Crippen molar-refractivity contribution in [3.05, 3.63) is 143 Å². The van der Waals surface area contributed by atoms with Crippen molar-refractivity contribution >= 4 is 31.6 Å². The zero-order valence-electron chi connectivity index (χ0n) is 30.8. The largest absolute Gasteiger partial charge is 0.497 e. The monoisotopic (exact) mass is 759 g/mol. The van der Waals surface area contributed by atoms with Gasteiger partial charge in [-0.25, -0.2) is 23.1 Å². The summed E-state index contributed by atoms with van der Waals surface area (Å²) in [6.07, 6.45) is 4.07. The van der Waals surface area contributed by atoms with Crippen LogP contribution in [0.3, 0.4) is 0 Å². The molecule has 7 aromatic rings. The van der Waals surface area contributed by atoms with E-state index in [0.717, 1.165) is 49.4 Å². The van der Waals surface area contributed by atoms with Gasteiger partial charge in [-0.1, -0.05) is 66.7 Å². The number of hydrogen-bond acceptors (Lipinski definition) is 9.